The summed E-state index contributed by atoms with van der Waals surface area (Å²) in [7, 11) is 1.35. The zero-order chi connectivity index (χ0) is 16.8. The quantitative estimate of drug-likeness (QED) is 0.866. The third-order valence-corrected chi connectivity index (χ3v) is 3.96. The SMILES string of the molecule is CCO[C@@H]1CCCN(C(=O)Nc2ccc(C(=O)OC)cc2C)C1. The Bertz CT molecular complexity index is 572. The fourth-order valence-corrected chi connectivity index (χ4v) is 2.74. The van der Waals surface area contributed by atoms with Crippen LogP contribution < -0.4 is 5.32 Å². The fraction of sp³-hybridized carbons (Fsp3) is 0.529. The molecule has 23 heavy (non-hydrogen) atoms. The maximum Gasteiger partial charge on any atom is 0.337 e. The van der Waals surface area contributed by atoms with Crippen LogP contribution in [0.3, 0.4) is 0 Å². The van der Waals surface area contributed by atoms with E-state index in [9.17, 15) is 9.59 Å². The number of carbonyl (C=O) groups excluding carboxylic acids is 2. The Morgan fingerprint density at radius 1 is 1.39 bits per heavy atom. The van der Waals surface area contributed by atoms with E-state index in [2.05, 4.69) is 5.32 Å². The third-order valence-electron chi connectivity index (χ3n) is 3.96. The predicted octanol–water partition coefficient (Wildman–Crippen LogP) is 2.81. The van der Waals surface area contributed by atoms with Crippen LogP contribution in [0.4, 0.5) is 10.5 Å². The highest BCUT2D eigenvalue weighted by Crippen LogP contribution is 2.19. The molecule has 2 rings (SSSR count). The normalized spacial score (nSPS) is 17.7. The molecule has 1 atom stereocenters. The molecule has 0 aliphatic carbocycles. The van der Waals surface area contributed by atoms with Crippen LogP contribution in [0.5, 0.6) is 0 Å². The van der Waals surface area contributed by atoms with Crippen molar-refractivity contribution in [3.8, 4) is 0 Å². The standard InChI is InChI=1S/C17H24N2O4/c1-4-23-14-6-5-9-19(11-14)17(21)18-15-8-7-13(10-12(15)2)16(20)22-3/h7-8,10,14H,4-6,9,11H2,1-3H3,(H,18,21)/t14-/m1/s1. The minimum atomic E-state index is -0.387. The Hall–Kier alpha value is -2.08. The first kappa shape index (κ1) is 17.3. The molecule has 0 bridgehead atoms. The van der Waals surface area contributed by atoms with Gasteiger partial charge in [0.25, 0.3) is 0 Å². The van der Waals surface area contributed by atoms with Gasteiger partial charge in [0.15, 0.2) is 0 Å². The van der Waals surface area contributed by atoms with Crippen LogP contribution in [0.2, 0.25) is 0 Å². The zero-order valence-electron chi connectivity index (χ0n) is 13.9. The number of ether oxygens (including phenoxy) is 2. The fourth-order valence-electron chi connectivity index (χ4n) is 2.74. The molecule has 2 amide bonds. The van der Waals surface area contributed by atoms with Gasteiger partial charge in [0.1, 0.15) is 0 Å². The van der Waals surface area contributed by atoms with Gasteiger partial charge in [0.2, 0.25) is 0 Å². The van der Waals surface area contributed by atoms with E-state index >= 15 is 0 Å². The highest BCUT2D eigenvalue weighted by Gasteiger charge is 2.24. The minimum Gasteiger partial charge on any atom is -0.465 e. The van der Waals surface area contributed by atoms with Crippen LogP contribution in [0.25, 0.3) is 0 Å². The lowest BCUT2D eigenvalue weighted by molar-refractivity contribution is 0.0181. The van der Waals surface area contributed by atoms with E-state index in [0.29, 0.717) is 24.4 Å². The molecule has 1 N–H and O–H groups in total. The third kappa shape index (κ3) is 4.45. The van der Waals surface area contributed by atoms with Crippen LogP contribution in [-0.2, 0) is 9.47 Å². The van der Waals surface area contributed by atoms with E-state index in [0.717, 1.165) is 24.9 Å². The van der Waals surface area contributed by atoms with E-state index in [4.69, 9.17) is 9.47 Å². The first-order chi connectivity index (χ1) is 11.0. The second-order valence-corrected chi connectivity index (χ2v) is 5.62. The number of methoxy groups -OCH3 is 1. The number of likely N-dealkylation sites (tertiary alicyclic amines) is 1. The van der Waals surface area contributed by atoms with Crippen molar-refractivity contribution in [1.82, 2.24) is 4.90 Å². The topological polar surface area (TPSA) is 67.9 Å². The van der Waals surface area contributed by atoms with E-state index in [-0.39, 0.29) is 18.1 Å². The van der Waals surface area contributed by atoms with E-state index < -0.39 is 0 Å². The van der Waals surface area contributed by atoms with Gasteiger partial charge in [-0.1, -0.05) is 0 Å². The summed E-state index contributed by atoms with van der Waals surface area (Å²) in [5.41, 5.74) is 1.98. The lowest BCUT2D eigenvalue weighted by atomic mass is 10.1. The first-order valence-electron chi connectivity index (χ1n) is 7.91. The number of aryl methyl sites for hydroxylation is 1. The van der Waals surface area contributed by atoms with Gasteiger partial charge < -0.3 is 19.7 Å². The number of carbonyl (C=O) groups is 2. The molecule has 0 saturated carbocycles. The predicted molar refractivity (Wildman–Crippen MR) is 87.8 cm³/mol. The molecule has 6 nitrogen and oxygen atoms in total. The average Bonchev–Trinajstić information content (AvgIpc) is 2.56. The number of nitrogens with one attached hydrogen (secondary N) is 1. The second kappa shape index (κ2) is 7.97. The molecule has 1 aliphatic heterocycles. The maximum atomic E-state index is 12.4. The van der Waals surface area contributed by atoms with Crippen molar-refractivity contribution in [1.29, 1.82) is 0 Å². The number of anilines is 1. The molecule has 1 aromatic rings. The van der Waals surface area contributed by atoms with E-state index in [1.165, 1.54) is 7.11 Å². The van der Waals surface area contributed by atoms with Crippen LogP contribution in [0, 0.1) is 6.92 Å². The maximum absolute atomic E-state index is 12.4. The largest absolute Gasteiger partial charge is 0.465 e. The molecule has 1 heterocycles. The highest BCUT2D eigenvalue weighted by molar-refractivity contribution is 5.93. The zero-order valence-corrected chi connectivity index (χ0v) is 13.9. The lowest BCUT2D eigenvalue weighted by Crippen LogP contribution is -2.45. The van der Waals surface area contributed by atoms with Crippen molar-refractivity contribution in [2.75, 3.05) is 32.1 Å². The molecule has 1 aliphatic rings. The summed E-state index contributed by atoms with van der Waals surface area (Å²) in [5, 5.41) is 2.91. The molecule has 0 aromatic heterocycles. The van der Waals surface area contributed by atoms with Crippen LogP contribution in [0.1, 0.15) is 35.7 Å². The number of nitrogens with zero attached hydrogens (tertiary/aromatic N) is 1. The van der Waals surface area contributed by atoms with Crippen molar-refractivity contribution in [3.05, 3.63) is 29.3 Å². The highest BCUT2D eigenvalue weighted by atomic mass is 16.5. The van der Waals surface area contributed by atoms with Crippen molar-refractivity contribution in [2.45, 2.75) is 32.8 Å². The summed E-state index contributed by atoms with van der Waals surface area (Å²) >= 11 is 0. The lowest BCUT2D eigenvalue weighted by Gasteiger charge is -2.32. The molecule has 1 saturated heterocycles. The summed E-state index contributed by atoms with van der Waals surface area (Å²) in [6.45, 7) is 5.81. The van der Waals surface area contributed by atoms with Gasteiger partial charge in [-0.25, -0.2) is 9.59 Å². The number of esters is 1. The Kier molecular flexibility index (Phi) is 5.98. The molecule has 0 unspecified atom stereocenters. The van der Waals surface area contributed by atoms with Gasteiger partial charge in [-0.2, -0.15) is 0 Å². The second-order valence-electron chi connectivity index (χ2n) is 5.62. The van der Waals surface area contributed by atoms with Gasteiger partial charge in [0.05, 0.1) is 18.8 Å². The van der Waals surface area contributed by atoms with Crippen molar-refractivity contribution < 1.29 is 19.1 Å². The van der Waals surface area contributed by atoms with Gasteiger partial charge in [-0.05, 0) is 50.5 Å². The molecular formula is C17H24N2O4. The first-order valence-corrected chi connectivity index (χ1v) is 7.91. The molecule has 0 spiro atoms. The smallest absolute Gasteiger partial charge is 0.337 e. The molecular weight excluding hydrogens is 296 g/mol. The van der Waals surface area contributed by atoms with Gasteiger partial charge >= 0.3 is 12.0 Å². The number of piperidine rings is 1. The number of hydrogen-bond donors (Lipinski definition) is 1. The number of amides is 2. The Morgan fingerprint density at radius 2 is 2.17 bits per heavy atom. The van der Waals surface area contributed by atoms with Crippen molar-refractivity contribution in [3.63, 3.8) is 0 Å². The minimum absolute atomic E-state index is 0.113. The van der Waals surface area contributed by atoms with E-state index in [1.807, 2.05) is 13.8 Å². The number of hydrogen-bond acceptors (Lipinski definition) is 4. The van der Waals surface area contributed by atoms with Gasteiger partial charge in [0, 0.05) is 25.4 Å². The molecule has 0 radical (unpaired) electrons. The monoisotopic (exact) mass is 320 g/mol. The average molecular weight is 320 g/mol. The molecule has 6 heteroatoms. The number of benzene rings is 1. The van der Waals surface area contributed by atoms with Crippen LogP contribution in [-0.4, -0.2) is 49.8 Å². The Labute approximate surface area is 136 Å². The summed E-state index contributed by atoms with van der Waals surface area (Å²) in [5.74, 6) is -0.387. The van der Waals surface area contributed by atoms with Crippen molar-refractivity contribution >= 4 is 17.7 Å². The van der Waals surface area contributed by atoms with Crippen LogP contribution in [0.15, 0.2) is 18.2 Å². The van der Waals surface area contributed by atoms with E-state index in [1.54, 1.807) is 23.1 Å². The van der Waals surface area contributed by atoms with Gasteiger partial charge in [-0.15, -0.1) is 0 Å². The number of urea groups is 1. The van der Waals surface area contributed by atoms with Crippen molar-refractivity contribution in [2.24, 2.45) is 0 Å². The summed E-state index contributed by atoms with van der Waals surface area (Å²) in [4.78, 5) is 25.7. The number of rotatable bonds is 4. The Morgan fingerprint density at radius 3 is 2.83 bits per heavy atom. The Balaban J connectivity index is 2.01. The summed E-state index contributed by atoms with van der Waals surface area (Å²) < 4.78 is 10.3. The summed E-state index contributed by atoms with van der Waals surface area (Å²) in [6.07, 6.45) is 2.05. The van der Waals surface area contributed by atoms with Crippen LogP contribution >= 0.6 is 0 Å². The molecule has 126 valence electrons. The molecule has 1 aromatic carbocycles. The summed E-state index contributed by atoms with van der Waals surface area (Å²) in [6, 6.07) is 4.95. The molecule has 1 fully saturated rings. The van der Waals surface area contributed by atoms with Gasteiger partial charge in [-0.3, -0.25) is 0 Å².